The fourth-order valence-corrected chi connectivity index (χ4v) is 9.73. The van der Waals surface area contributed by atoms with Crippen LogP contribution in [0, 0.1) is 0 Å². The summed E-state index contributed by atoms with van der Waals surface area (Å²) in [6.07, 6.45) is -0.336. The van der Waals surface area contributed by atoms with Gasteiger partial charge in [-0.1, -0.05) is 164 Å². The highest BCUT2D eigenvalue weighted by molar-refractivity contribution is 6.25. The molecule has 0 saturated heterocycles. The van der Waals surface area contributed by atoms with Crippen molar-refractivity contribution in [1.29, 1.82) is 0 Å². The van der Waals surface area contributed by atoms with Crippen LogP contribution >= 0.6 is 0 Å². The third-order valence-corrected chi connectivity index (χ3v) is 12.5. The molecule has 1 atom stereocenters. The Kier molecular flexibility index (Phi) is 7.60. The van der Waals surface area contributed by atoms with E-state index in [9.17, 15) is 0 Å². The topological polar surface area (TPSA) is 63.0 Å². The smallest absolute Gasteiger partial charge is 0.160 e. The van der Waals surface area contributed by atoms with Crippen LogP contribution in [-0.2, 0) is 0 Å². The molecule has 12 aromatic rings. The van der Waals surface area contributed by atoms with Crippen LogP contribution in [0.4, 0.5) is 0 Å². The maximum absolute atomic E-state index is 6.69. The van der Waals surface area contributed by atoms with Crippen molar-refractivity contribution >= 4 is 87.9 Å². The van der Waals surface area contributed by atoms with Gasteiger partial charge in [0.2, 0.25) is 0 Å². The van der Waals surface area contributed by atoms with Crippen LogP contribution in [0.2, 0.25) is 0 Å². The quantitative estimate of drug-likeness (QED) is 0.177. The molecule has 1 aliphatic heterocycles. The summed E-state index contributed by atoms with van der Waals surface area (Å²) in [5, 5.41) is 15.0. The van der Waals surface area contributed by atoms with Crippen molar-refractivity contribution in [3.05, 3.63) is 217 Å². The first-order valence-corrected chi connectivity index (χ1v) is 21.0. The monoisotopic (exact) mass is 793 g/mol. The van der Waals surface area contributed by atoms with Gasteiger partial charge in [-0.05, 0) is 96.5 Å². The number of benzene rings is 10. The lowest BCUT2D eigenvalue weighted by Crippen LogP contribution is -2.33. The summed E-state index contributed by atoms with van der Waals surface area (Å²) in [5.41, 5.74) is 11.0. The van der Waals surface area contributed by atoms with Gasteiger partial charge in [-0.3, -0.25) is 0 Å². The Morgan fingerprint density at radius 2 is 0.935 bits per heavy atom. The molecule has 1 unspecified atom stereocenters. The Morgan fingerprint density at radius 1 is 0.371 bits per heavy atom. The predicted octanol–water partition coefficient (Wildman–Crippen LogP) is 14.8. The minimum absolute atomic E-state index is 0.336. The normalized spacial score (nSPS) is 14.3. The number of furan rings is 2. The van der Waals surface area contributed by atoms with Crippen molar-refractivity contribution in [2.75, 3.05) is 0 Å². The van der Waals surface area contributed by atoms with Crippen molar-refractivity contribution in [3.63, 3.8) is 0 Å². The second-order valence-electron chi connectivity index (χ2n) is 16.0. The number of para-hydroxylation sites is 1. The highest BCUT2D eigenvalue weighted by Crippen LogP contribution is 2.43. The van der Waals surface area contributed by atoms with Crippen molar-refractivity contribution in [2.45, 2.75) is 6.17 Å². The van der Waals surface area contributed by atoms with Gasteiger partial charge < -0.3 is 14.2 Å². The first-order chi connectivity index (χ1) is 30.7. The zero-order valence-electron chi connectivity index (χ0n) is 33.3. The molecule has 62 heavy (non-hydrogen) atoms. The number of nitrogens with one attached hydrogen (secondary N) is 1. The molecule has 0 amide bonds. The number of hydrogen-bond acceptors (Lipinski definition) is 5. The lowest BCUT2D eigenvalue weighted by Gasteiger charge is -2.25. The largest absolute Gasteiger partial charge is 0.456 e. The van der Waals surface area contributed by atoms with E-state index in [1.165, 1.54) is 16.2 Å². The van der Waals surface area contributed by atoms with Gasteiger partial charge in [-0.25, -0.2) is 9.98 Å². The molecule has 290 valence electrons. The lowest BCUT2D eigenvalue weighted by molar-refractivity contribution is 0.668. The van der Waals surface area contributed by atoms with E-state index in [1.54, 1.807) is 0 Å². The molecule has 1 N–H and O–H groups in total. The lowest BCUT2D eigenvalue weighted by atomic mass is 9.92. The number of nitrogens with zero attached hydrogens (tertiary/aromatic N) is 2. The van der Waals surface area contributed by atoms with Crippen LogP contribution in [-0.4, -0.2) is 11.7 Å². The fourth-order valence-electron chi connectivity index (χ4n) is 9.73. The standard InChI is InChI=1S/C57H35N3O2/c1-2-14-34(15-3-1)55-58-56(60-57(59-55)48-32-35-16-4-5-17-37(35)39-18-6-7-19-43(39)48)45-26-11-22-40-41(23-10-24-42(40)45)44-25-13-29-51-54(44)47-31-30-36(33-52(47)62-51)38-21-12-28-50-53(38)46-20-8-9-27-49(46)61-50/h1-33,55H,(H,58,59,60). The van der Waals surface area contributed by atoms with Crippen molar-refractivity contribution < 1.29 is 8.83 Å². The highest BCUT2D eigenvalue weighted by Gasteiger charge is 2.25. The van der Waals surface area contributed by atoms with Crippen LogP contribution < -0.4 is 5.32 Å². The van der Waals surface area contributed by atoms with Gasteiger partial charge in [0.1, 0.15) is 34.3 Å². The van der Waals surface area contributed by atoms with E-state index in [1.807, 2.05) is 24.3 Å². The first-order valence-electron chi connectivity index (χ1n) is 21.0. The molecule has 10 aromatic carbocycles. The third kappa shape index (κ3) is 5.35. The van der Waals surface area contributed by atoms with E-state index < -0.39 is 0 Å². The van der Waals surface area contributed by atoms with Gasteiger partial charge in [-0.2, -0.15) is 0 Å². The number of aliphatic imine (C=N–C) groups is 2. The molecule has 5 heteroatoms. The Hall–Kier alpha value is -8.28. The van der Waals surface area contributed by atoms with Crippen LogP contribution in [0.3, 0.4) is 0 Å². The van der Waals surface area contributed by atoms with Gasteiger partial charge in [-0.15, -0.1) is 0 Å². The summed E-state index contributed by atoms with van der Waals surface area (Å²) >= 11 is 0. The molecule has 1 aliphatic rings. The zero-order valence-corrected chi connectivity index (χ0v) is 33.3. The van der Waals surface area contributed by atoms with Gasteiger partial charge in [0.15, 0.2) is 5.84 Å². The van der Waals surface area contributed by atoms with Gasteiger partial charge in [0, 0.05) is 32.7 Å². The molecular formula is C57H35N3O2. The van der Waals surface area contributed by atoms with Crippen molar-refractivity contribution in [2.24, 2.45) is 9.98 Å². The highest BCUT2D eigenvalue weighted by atomic mass is 16.3. The Balaban J connectivity index is 0.969. The number of amidine groups is 2. The Bertz CT molecular complexity index is 3850. The first kappa shape index (κ1) is 34.6. The van der Waals surface area contributed by atoms with Gasteiger partial charge in [0.05, 0.1) is 0 Å². The molecule has 13 rings (SSSR count). The maximum atomic E-state index is 6.69. The summed E-state index contributed by atoms with van der Waals surface area (Å²) in [6.45, 7) is 0. The predicted molar refractivity (Wildman–Crippen MR) is 256 cm³/mol. The zero-order chi connectivity index (χ0) is 40.7. The van der Waals surface area contributed by atoms with Crippen LogP contribution in [0.25, 0.3) is 98.4 Å². The Morgan fingerprint density at radius 3 is 1.77 bits per heavy atom. The minimum Gasteiger partial charge on any atom is -0.456 e. The van der Waals surface area contributed by atoms with Crippen molar-refractivity contribution in [3.8, 4) is 22.3 Å². The third-order valence-electron chi connectivity index (χ3n) is 12.5. The number of fused-ring (bicyclic) bond motifs is 10. The van der Waals surface area contributed by atoms with E-state index in [0.29, 0.717) is 5.84 Å². The number of rotatable bonds is 5. The summed E-state index contributed by atoms with van der Waals surface area (Å²) in [5.74, 6) is 1.48. The molecule has 0 radical (unpaired) electrons. The average Bonchev–Trinajstić information content (AvgIpc) is 3.92. The van der Waals surface area contributed by atoms with E-state index in [4.69, 9.17) is 18.8 Å². The van der Waals surface area contributed by atoms with Crippen LogP contribution in [0.1, 0.15) is 22.9 Å². The molecule has 5 nitrogen and oxygen atoms in total. The van der Waals surface area contributed by atoms with E-state index >= 15 is 0 Å². The maximum Gasteiger partial charge on any atom is 0.160 e. The molecular weight excluding hydrogens is 759 g/mol. The molecule has 0 fully saturated rings. The molecule has 0 spiro atoms. The molecule has 3 heterocycles. The van der Waals surface area contributed by atoms with Gasteiger partial charge >= 0.3 is 0 Å². The average molecular weight is 794 g/mol. The summed E-state index contributed by atoms with van der Waals surface area (Å²) in [6, 6.07) is 70.3. The summed E-state index contributed by atoms with van der Waals surface area (Å²) in [4.78, 5) is 10.7. The summed E-state index contributed by atoms with van der Waals surface area (Å²) < 4.78 is 12.9. The van der Waals surface area contributed by atoms with Crippen molar-refractivity contribution in [1.82, 2.24) is 5.32 Å². The second-order valence-corrected chi connectivity index (χ2v) is 16.0. The second kappa shape index (κ2) is 13.6. The Labute approximate surface area is 355 Å². The van der Waals surface area contributed by atoms with Crippen LogP contribution in [0.15, 0.2) is 219 Å². The van der Waals surface area contributed by atoms with E-state index in [-0.39, 0.29) is 6.17 Å². The molecule has 0 bridgehead atoms. The SMILES string of the molecule is c1ccc(C2N=C(c3cccc4c(-c5cccc6oc7cc(-c8cccc9oc%10ccccc%10c89)ccc7c56)cccc34)N=C(c3cc4ccccc4c4ccccc34)N2)cc1. The minimum atomic E-state index is -0.336. The van der Waals surface area contributed by atoms with Gasteiger partial charge in [0.25, 0.3) is 0 Å². The van der Waals surface area contributed by atoms with E-state index in [0.717, 1.165) is 105 Å². The molecule has 0 aliphatic carbocycles. The molecule has 2 aromatic heterocycles. The summed E-state index contributed by atoms with van der Waals surface area (Å²) in [7, 11) is 0. The fraction of sp³-hybridized carbons (Fsp3) is 0.0175. The van der Waals surface area contributed by atoms with Crippen LogP contribution in [0.5, 0.6) is 0 Å². The number of hydrogen-bond donors (Lipinski definition) is 1. The van der Waals surface area contributed by atoms with E-state index in [2.05, 4.69) is 181 Å². The molecule has 0 saturated carbocycles.